The molecule has 0 heterocycles. The Morgan fingerprint density at radius 3 is 2.62 bits per heavy atom. The molecule has 1 saturated carbocycles. The molecule has 2 rings (SSSR count). The first-order valence-corrected chi connectivity index (χ1v) is 7.25. The van der Waals surface area contributed by atoms with Crippen LogP contribution in [0.5, 0.6) is 5.75 Å². The molecule has 0 spiro atoms. The monoisotopic (exact) mass is 296 g/mol. The average Bonchev–Trinajstić information content (AvgIpc) is 2.48. The zero-order valence-electron chi connectivity index (χ0n) is 12.2. The van der Waals surface area contributed by atoms with E-state index in [2.05, 4.69) is 0 Å². The maximum absolute atomic E-state index is 13.4. The van der Waals surface area contributed by atoms with Crippen molar-refractivity contribution in [3.05, 3.63) is 29.6 Å². The van der Waals surface area contributed by atoms with Crippen molar-refractivity contribution in [1.82, 2.24) is 0 Å². The van der Waals surface area contributed by atoms with E-state index >= 15 is 0 Å². The molecule has 1 aliphatic rings. The second kappa shape index (κ2) is 7.41. The molecule has 1 aliphatic carbocycles. The molecule has 4 nitrogen and oxygen atoms in total. The number of methoxy groups -OCH3 is 1. The van der Waals surface area contributed by atoms with Gasteiger partial charge in [0.05, 0.1) is 12.5 Å². The number of benzene rings is 1. The Balaban J connectivity index is 2.06. The highest BCUT2D eigenvalue weighted by Crippen LogP contribution is 2.39. The third-order valence-electron chi connectivity index (χ3n) is 4.04. The third-order valence-corrected chi connectivity index (χ3v) is 4.04. The van der Waals surface area contributed by atoms with Crippen LogP contribution in [0.4, 0.5) is 4.39 Å². The zero-order chi connectivity index (χ0) is 15.2. The quantitative estimate of drug-likeness (QED) is 0.819. The van der Waals surface area contributed by atoms with Crippen molar-refractivity contribution >= 4 is 5.97 Å². The SMILES string of the molecule is COCCOc1cc(F)ccc1C1CCC(C(=O)O)CC1. The molecule has 1 N–H and O–H groups in total. The van der Waals surface area contributed by atoms with Crippen molar-refractivity contribution in [2.75, 3.05) is 20.3 Å². The molecule has 0 saturated heterocycles. The lowest BCUT2D eigenvalue weighted by molar-refractivity contribution is -0.142. The molecule has 0 amide bonds. The number of carbonyl (C=O) groups is 1. The van der Waals surface area contributed by atoms with E-state index in [0.717, 1.165) is 18.4 Å². The van der Waals surface area contributed by atoms with E-state index < -0.39 is 5.97 Å². The van der Waals surface area contributed by atoms with Gasteiger partial charge in [0.15, 0.2) is 0 Å². The molecule has 1 fully saturated rings. The van der Waals surface area contributed by atoms with E-state index in [4.69, 9.17) is 14.6 Å². The highest BCUT2D eigenvalue weighted by molar-refractivity contribution is 5.70. The molecule has 0 radical (unpaired) electrons. The topological polar surface area (TPSA) is 55.8 Å². The number of carboxylic acids is 1. The molecule has 116 valence electrons. The summed E-state index contributed by atoms with van der Waals surface area (Å²) in [6.45, 7) is 0.819. The maximum atomic E-state index is 13.4. The summed E-state index contributed by atoms with van der Waals surface area (Å²) in [5.41, 5.74) is 0.969. The van der Waals surface area contributed by atoms with Crippen LogP contribution in [0.2, 0.25) is 0 Å². The first-order valence-electron chi connectivity index (χ1n) is 7.25. The number of ether oxygens (including phenoxy) is 2. The number of carboxylic acid groups (broad SMARTS) is 1. The Bertz CT molecular complexity index is 481. The van der Waals surface area contributed by atoms with Crippen molar-refractivity contribution < 1.29 is 23.8 Å². The first-order chi connectivity index (χ1) is 10.1. The minimum Gasteiger partial charge on any atom is -0.491 e. The van der Waals surface area contributed by atoms with Gasteiger partial charge >= 0.3 is 5.97 Å². The summed E-state index contributed by atoms with van der Waals surface area (Å²) in [4.78, 5) is 11.0. The minimum absolute atomic E-state index is 0.235. The van der Waals surface area contributed by atoms with Gasteiger partial charge in [-0.25, -0.2) is 4.39 Å². The van der Waals surface area contributed by atoms with Crippen LogP contribution in [0, 0.1) is 11.7 Å². The van der Waals surface area contributed by atoms with Crippen molar-refractivity contribution in [2.45, 2.75) is 31.6 Å². The first kappa shape index (κ1) is 15.8. The predicted molar refractivity (Wildman–Crippen MR) is 76.1 cm³/mol. The molecular formula is C16H21FO4. The fraction of sp³-hybridized carbons (Fsp3) is 0.562. The largest absolute Gasteiger partial charge is 0.491 e. The molecule has 0 unspecified atom stereocenters. The van der Waals surface area contributed by atoms with Crippen molar-refractivity contribution in [3.8, 4) is 5.75 Å². The Kier molecular flexibility index (Phi) is 5.56. The molecule has 0 atom stereocenters. The van der Waals surface area contributed by atoms with Crippen LogP contribution in [-0.4, -0.2) is 31.4 Å². The van der Waals surface area contributed by atoms with Gasteiger partial charge in [-0.1, -0.05) is 6.07 Å². The average molecular weight is 296 g/mol. The summed E-state index contributed by atoms with van der Waals surface area (Å²) in [5.74, 6) is -0.515. The highest BCUT2D eigenvalue weighted by atomic mass is 19.1. The smallest absolute Gasteiger partial charge is 0.306 e. The molecule has 21 heavy (non-hydrogen) atoms. The van der Waals surface area contributed by atoms with E-state index in [-0.39, 0.29) is 17.7 Å². The second-order valence-corrected chi connectivity index (χ2v) is 5.41. The van der Waals surface area contributed by atoms with Crippen LogP contribution in [0.3, 0.4) is 0 Å². The van der Waals surface area contributed by atoms with Crippen LogP contribution >= 0.6 is 0 Å². The fourth-order valence-electron chi connectivity index (χ4n) is 2.86. The maximum Gasteiger partial charge on any atom is 0.306 e. The van der Waals surface area contributed by atoms with Gasteiger partial charge in [-0.2, -0.15) is 0 Å². The summed E-state index contributed by atoms with van der Waals surface area (Å²) in [5, 5.41) is 9.04. The van der Waals surface area contributed by atoms with Gasteiger partial charge in [0.25, 0.3) is 0 Å². The standard InChI is InChI=1S/C16H21FO4/c1-20-8-9-21-15-10-13(17)6-7-14(15)11-2-4-12(5-3-11)16(18)19/h6-7,10-12H,2-5,8-9H2,1H3,(H,18,19). The number of aliphatic carboxylic acids is 1. The Labute approximate surface area is 123 Å². The lowest BCUT2D eigenvalue weighted by Gasteiger charge is -2.27. The molecule has 1 aromatic rings. The van der Waals surface area contributed by atoms with Crippen LogP contribution < -0.4 is 4.74 Å². The van der Waals surface area contributed by atoms with Gasteiger partial charge < -0.3 is 14.6 Å². The summed E-state index contributed by atoms with van der Waals surface area (Å²) in [6.07, 6.45) is 2.91. The molecule has 0 aliphatic heterocycles. The van der Waals surface area contributed by atoms with Crippen molar-refractivity contribution in [2.24, 2.45) is 5.92 Å². The molecule has 0 aromatic heterocycles. The van der Waals surface area contributed by atoms with E-state index in [0.29, 0.717) is 31.8 Å². The van der Waals surface area contributed by atoms with E-state index in [1.165, 1.54) is 12.1 Å². The van der Waals surface area contributed by atoms with Crippen LogP contribution in [0.15, 0.2) is 18.2 Å². The van der Waals surface area contributed by atoms with Gasteiger partial charge in [0.1, 0.15) is 18.2 Å². The number of hydrogen-bond acceptors (Lipinski definition) is 3. The number of halogens is 1. The minimum atomic E-state index is -0.718. The Morgan fingerprint density at radius 2 is 2.00 bits per heavy atom. The van der Waals surface area contributed by atoms with Crippen LogP contribution in [0.1, 0.15) is 37.2 Å². The molecule has 1 aromatic carbocycles. The van der Waals surface area contributed by atoms with Crippen LogP contribution in [-0.2, 0) is 9.53 Å². The third kappa shape index (κ3) is 4.17. The fourth-order valence-corrected chi connectivity index (χ4v) is 2.86. The van der Waals surface area contributed by atoms with Gasteiger partial charge in [-0.3, -0.25) is 4.79 Å². The van der Waals surface area contributed by atoms with E-state index in [9.17, 15) is 9.18 Å². The van der Waals surface area contributed by atoms with Gasteiger partial charge in [-0.15, -0.1) is 0 Å². The van der Waals surface area contributed by atoms with E-state index in [1.54, 1.807) is 13.2 Å². The summed E-state index contributed by atoms with van der Waals surface area (Å²) >= 11 is 0. The van der Waals surface area contributed by atoms with E-state index in [1.807, 2.05) is 0 Å². The predicted octanol–water partition coefficient (Wildman–Crippen LogP) is 3.21. The number of rotatable bonds is 6. The lowest BCUT2D eigenvalue weighted by atomic mass is 9.78. The van der Waals surface area contributed by atoms with Gasteiger partial charge in [-0.05, 0) is 43.2 Å². The second-order valence-electron chi connectivity index (χ2n) is 5.41. The Morgan fingerprint density at radius 1 is 1.29 bits per heavy atom. The summed E-state index contributed by atoms with van der Waals surface area (Å²) in [6, 6.07) is 4.58. The zero-order valence-corrected chi connectivity index (χ0v) is 12.2. The van der Waals surface area contributed by atoms with Gasteiger partial charge in [0, 0.05) is 13.2 Å². The lowest BCUT2D eigenvalue weighted by Crippen LogP contribution is -2.21. The molecule has 5 heteroatoms. The molecule has 0 bridgehead atoms. The summed E-state index contributed by atoms with van der Waals surface area (Å²) in [7, 11) is 1.59. The Hall–Kier alpha value is -1.62. The summed E-state index contributed by atoms with van der Waals surface area (Å²) < 4.78 is 23.9. The molecular weight excluding hydrogens is 275 g/mol. The highest BCUT2D eigenvalue weighted by Gasteiger charge is 2.28. The normalized spacial score (nSPS) is 22.0. The number of hydrogen-bond donors (Lipinski definition) is 1. The van der Waals surface area contributed by atoms with Crippen molar-refractivity contribution in [1.29, 1.82) is 0 Å². The van der Waals surface area contributed by atoms with Gasteiger partial charge in [0.2, 0.25) is 0 Å². The van der Waals surface area contributed by atoms with Crippen molar-refractivity contribution in [3.63, 3.8) is 0 Å². The van der Waals surface area contributed by atoms with Crippen LogP contribution in [0.25, 0.3) is 0 Å².